The summed E-state index contributed by atoms with van der Waals surface area (Å²) >= 11 is 1.40. The van der Waals surface area contributed by atoms with Gasteiger partial charge in [0.25, 0.3) is 15.6 Å². The van der Waals surface area contributed by atoms with E-state index in [2.05, 4.69) is 23.6 Å². The Morgan fingerprint density at radius 3 is 2.55 bits per heavy atom. The Kier molecular flexibility index (Phi) is 6.62. The summed E-state index contributed by atoms with van der Waals surface area (Å²) in [5, 5.41) is 0. The first-order valence-corrected chi connectivity index (χ1v) is 13.0. The number of benzene rings is 2. The second kappa shape index (κ2) is 9.44. The number of rotatable bonds is 8. The van der Waals surface area contributed by atoms with E-state index in [4.69, 9.17) is 4.52 Å². The van der Waals surface area contributed by atoms with Crippen LogP contribution in [-0.2, 0) is 22.2 Å². The zero-order valence-corrected chi connectivity index (χ0v) is 20.2. The number of aromatic nitrogens is 2. The molecule has 0 atom stereocenters. The number of nitrogens with one attached hydrogen (secondary N) is 1. The van der Waals surface area contributed by atoms with Gasteiger partial charge in [-0.2, -0.15) is 0 Å². The molecule has 0 unspecified atom stereocenters. The Labute approximate surface area is 196 Å². The molecule has 0 spiro atoms. The van der Waals surface area contributed by atoms with Gasteiger partial charge in [-0.05, 0) is 49.1 Å². The first kappa shape index (κ1) is 23.1. The highest BCUT2D eigenvalue weighted by atomic mass is 32.2. The maximum atomic E-state index is 13.0. The van der Waals surface area contributed by atoms with E-state index in [9.17, 15) is 13.2 Å². The van der Waals surface area contributed by atoms with Crippen molar-refractivity contribution in [2.45, 2.75) is 42.7 Å². The maximum Gasteiger partial charge on any atom is 0.287 e. The Morgan fingerprint density at radius 2 is 1.82 bits per heavy atom. The molecule has 172 valence electrons. The summed E-state index contributed by atoms with van der Waals surface area (Å²) in [6, 6.07) is 17.3. The number of hydrogen-bond donors (Lipinski definition) is 1. The van der Waals surface area contributed by atoms with Crippen molar-refractivity contribution in [1.82, 2.24) is 9.56 Å². The van der Waals surface area contributed by atoms with Crippen molar-refractivity contribution in [3.8, 4) is 0 Å². The summed E-state index contributed by atoms with van der Waals surface area (Å²) in [4.78, 5) is 17.7. The molecule has 0 amide bonds. The average molecular weight is 484 g/mol. The Balaban J connectivity index is 1.52. The molecule has 0 saturated carbocycles. The quantitative estimate of drug-likeness (QED) is 0.359. The fourth-order valence-electron chi connectivity index (χ4n) is 3.46. The zero-order valence-electron chi connectivity index (χ0n) is 18.6. The highest BCUT2D eigenvalue weighted by Gasteiger charge is 2.17. The molecule has 4 rings (SSSR count). The molecule has 0 bridgehead atoms. The van der Waals surface area contributed by atoms with E-state index in [-0.39, 0.29) is 10.5 Å². The highest BCUT2D eigenvalue weighted by Crippen LogP contribution is 2.31. The lowest BCUT2D eigenvalue weighted by Crippen LogP contribution is -2.14. The van der Waals surface area contributed by atoms with Crippen LogP contribution in [0.25, 0.3) is 5.65 Å². The van der Waals surface area contributed by atoms with Crippen molar-refractivity contribution in [3.63, 3.8) is 0 Å². The first-order valence-electron chi connectivity index (χ1n) is 10.5. The third kappa shape index (κ3) is 5.48. The molecular formula is C24H25N3O4S2. The van der Waals surface area contributed by atoms with Gasteiger partial charge in [-0.15, -0.1) is 16.3 Å². The topological polar surface area (TPSA) is 93.7 Å². The smallest absolute Gasteiger partial charge is 0.287 e. The van der Waals surface area contributed by atoms with Crippen LogP contribution in [-0.4, -0.2) is 18.0 Å². The number of aryl methyl sites for hydroxylation is 1. The van der Waals surface area contributed by atoms with Gasteiger partial charge in [-0.3, -0.25) is 9.52 Å². The second-order valence-corrected chi connectivity index (χ2v) is 10.9. The van der Waals surface area contributed by atoms with Crippen LogP contribution in [0.1, 0.15) is 30.9 Å². The van der Waals surface area contributed by atoms with Gasteiger partial charge in [0.05, 0.1) is 16.3 Å². The minimum atomic E-state index is -3.74. The van der Waals surface area contributed by atoms with E-state index < -0.39 is 10.0 Å². The molecule has 9 heteroatoms. The molecule has 2 aromatic carbocycles. The summed E-state index contributed by atoms with van der Waals surface area (Å²) in [6.07, 6.45) is 0.898. The van der Waals surface area contributed by atoms with Crippen molar-refractivity contribution < 1.29 is 12.9 Å². The van der Waals surface area contributed by atoms with Crippen LogP contribution in [0.5, 0.6) is 0 Å². The van der Waals surface area contributed by atoms with Crippen LogP contribution in [0.15, 0.2) is 79.8 Å². The summed E-state index contributed by atoms with van der Waals surface area (Å²) in [5.74, 6) is 1.50. The lowest BCUT2D eigenvalue weighted by molar-refractivity contribution is 0.344. The molecule has 0 aliphatic heterocycles. The van der Waals surface area contributed by atoms with E-state index in [0.717, 1.165) is 21.5 Å². The van der Waals surface area contributed by atoms with Crippen molar-refractivity contribution in [1.29, 1.82) is 0 Å². The van der Waals surface area contributed by atoms with Crippen LogP contribution < -0.4 is 10.3 Å². The van der Waals surface area contributed by atoms with Gasteiger partial charge in [-0.25, -0.2) is 13.4 Å². The molecule has 0 saturated heterocycles. The van der Waals surface area contributed by atoms with Crippen molar-refractivity contribution in [2.75, 3.05) is 4.72 Å². The van der Waals surface area contributed by atoms with Crippen molar-refractivity contribution in [3.05, 3.63) is 88.0 Å². The summed E-state index contributed by atoms with van der Waals surface area (Å²) in [6.45, 7) is 6.01. The Hall–Kier alpha value is -3.04. The normalized spacial score (nSPS) is 11.9. The summed E-state index contributed by atoms with van der Waals surface area (Å²) in [7, 11) is -3.74. The van der Waals surface area contributed by atoms with E-state index in [1.54, 1.807) is 37.3 Å². The largest absolute Gasteiger partial charge is 0.375 e. The molecule has 2 heterocycles. The molecule has 0 fully saturated rings. The lowest BCUT2D eigenvalue weighted by Gasteiger charge is -2.13. The predicted octanol–water partition coefficient (Wildman–Crippen LogP) is 4.89. The van der Waals surface area contributed by atoms with Crippen molar-refractivity contribution >= 4 is 33.1 Å². The Morgan fingerprint density at radius 1 is 1.09 bits per heavy atom. The van der Waals surface area contributed by atoms with Gasteiger partial charge in [0, 0.05) is 22.8 Å². The summed E-state index contributed by atoms with van der Waals surface area (Å²) in [5.41, 5.74) is 2.33. The fourth-order valence-corrected chi connectivity index (χ4v) is 5.50. The number of para-hydroxylation sites is 1. The second-order valence-electron chi connectivity index (χ2n) is 8.22. The van der Waals surface area contributed by atoms with Gasteiger partial charge in [0.1, 0.15) is 5.76 Å². The molecule has 0 aliphatic carbocycles. The minimum Gasteiger partial charge on any atom is -0.375 e. The molecule has 0 aliphatic rings. The number of sulfonamides is 1. The van der Waals surface area contributed by atoms with E-state index in [1.807, 2.05) is 24.3 Å². The van der Waals surface area contributed by atoms with Crippen LogP contribution >= 0.6 is 11.8 Å². The zero-order chi connectivity index (χ0) is 23.6. The standard InChI is InChI=1S/C24H25N3O4S2/c1-16(2)12-18-8-10-20(11-9-18)33(29,30)26-21-6-4-5-7-22(21)32-15-19-14-24(28)27-23(25-19)13-17(3)31-27/h4-11,13-14,16,26H,12,15H2,1-3H3. The SMILES string of the molecule is Cc1cc2nc(CSc3ccccc3NS(=O)(=O)c3ccc(CC(C)C)cc3)cc(=O)n2o1. The monoisotopic (exact) mass is 483 g/mol. The third-order valence-electron chi connectivity index (χ3n) is 4.91. The minimum absolute atomic E-state index is 0.213. The van der Waals surface area contributed by atoms with Gasteiger partial charge in [0.2, 0.25) is 0 Å². The number of nitrogens with zero attached hydrogens (tertiary/aromatic N) is 2. The number of thioether (sulfide) groups is 1. The number of fused-ring (bicyclic) bond motifs is 1. The van der Waals surface area contributed by atoms with Gasteiger partial charge < -0.3 is 4.52 Å². The molecule has 1 N–H and O–H groups in total. The number of hydrogen-bond acceptors (Lipinski definition) is 6. The van der Waals surface area contributed by atoms with E-state index >= 15 is 0 Å². The maximum absolute atomic E-state index is 13.0. The molecule has 2 aromatic heterocycles. The first-order chi connectivity index (χ1) is 15.7. The number of anilines is 1. The summed E-state index contributed by atoms with van der Waals surface area (Å²) < 4.78 is 35.1. The third-order valence-corrected chi connectivity index (χ3v) is 7.40. The molecule has 0 radical (unpaired) electrons. The average Bonchev–Trinajstić information content (AvgIpc) is 3.14. The van der Waals surface area contributed by atoms with Crippen LogP contribution in [0.3, 0.4) is 0 Å². The lowest BCUT2D eigenvalue weighted by atomic mass is 10.0. The molecule has 7 nitrogen and oxygen atoms in total. The molecule has 4 aromatic rings. The molecular weight excluding hydrogens is 458 g/mol. The fraction of sp³-hybridized carbons (Fsp3) is 0.250. The van der Waals surface area contributed by atoms with Crippen LogP contribution in [0.4, 0.5) is 5.69 Å². The Bertz CT molecular complexity index is 1440. The van der Waals surface area contributed by atoms with E-state index in [1.165, 1.54) is 17.8 Å². The van der Waals surface area contributed by atoms with Gasteiger partial charge in [-0.1, -0.05) is 38.1 Å². The van der Waals surface area contributed by atoms with Gasteiger partial charge >= 0.3 is 0 Å². The molecule has 33 heavy (non-hydrogen) atoms. The highest BCUT2D eigenvalue weighted by molar-refractivity contribution is 7.98. The van der Waals surface area contributed by atoms with Gasteiger partial charge in [0.15, 0.2) is 5.65 Å². The van der Waals surface area contributed by atoms with Crippen molar-refractivity contribution in [2.24, 2.45) is 5.92 Å². The van der Waals surface area contributed by atoms with E-state index in [0.29, 0.717) is 34.5 Å². The van der Waals surface area contributed by atoms with Crippen LogP contribution in [0, 0.1) is 12.8 Å². The van der Waals surface area contributed by atoms with Crippen LogP contribution in [0.2, 0.25) is 0 Å². The predicted molar refractivity (Wildman–Crippen MR) is 130 cm³/mol.